The van der Waals surface area contributed by atoms with Crippen LogP contribution < -0.4 is 16.0 Å². The minimum absolute atomic E-state index is 0.103. The molecule has 2 aromatic rings. The van der Waals surface area contributed by atoms with Crippen molar-refractivity contribution in [3.63, 3.8) is 0 Å². The average molecular weight is 341 g/mol. The van der Waals surface area contributed by atoms with Gasteiger partial charge in [-0.15, -0.1) is 0 Å². The molecule has 8 heteroatoms. The molecular formula is C17H15N3O5. The molecule has 1 aliphatic heterocycles. The van der Waals surface area contributed by atoms with Crippen molar-refractivity contribution in [1.29, 1.82) is 5.26 Å². The molecule has 8 nitrogen and oxygen atoms in total. The van der Waals surface area contributed by atoms with Crippen molar-refractivity contribution in [2.45, 2.75) is 11.5 Å². The summed E-state index contributed by atoms with van der Waals surface area (Å²) in [6.45, 7) is 0. The Morgan fingerprint density at radius 1 is 1.24 bits per heavy atom. The normalized spacial score (nSPS) is 21.1. The van der Waals surface area contributed by atoms with Gasteiger partial charge in [-0.25, -0.2) is 9.59 Å². The van der Waals surface area contributed by atoms with E-state index in [1.807, 2.05) is 6.07 Å². The highest BCUT2D eigenvalue weighted by Gasteiger charge is 2.60. The first-order chi connectivity index (χ1) is 11.9. The lowest BCUT2D eigenvalue weighted by Gasteiger charge is -2.24. The maximum atomic E-state index is 12.7. The number of rotatable bonds is 2. The number of nitriles is 1. The Morgan fingerprint density at radius 2 is 1.88 bits per heavy atom. The number of hydrogen-bond acceptors (Lipinski definition) is 6. The number of carbonyl (C=O) groups excluding carboxylic acids is 1. The number of methoxy groups -OCH3 is 1. The first-order valence-electron chi connectivity index (χ1n) is 7.42. The van der Waals surface area contributed by atoms with E-state index in [0.717, 1.165) is 16.2 Å². The van der Waals surface area contributed by atoms with Gasteiger partial charge in [-0.3, -0.25) is 13.9 Å². The van der Waals surface area contributed by atoms with Gasteiger partial charge in [-0.1, -0.05) is 30.3 Å². The number of carbonyl (C=O) groups is 1. The number of benzene rings is 1. The van der Waals surface area contributed by atoms with Crippen LogP contribution in [-0.4, -0.2) is 22.2 Å². The molecule has 1 aromatic carbocycles. The third-order valence-corrected chi connectivity index (χ3v) is 4.41. The summed E-state index contributed by atoms with van der Waals surface area (Å²) in [5, 5.41) is 9.91. The SMILES string of the molecule is COC(=O)[C@@]1(C#N)c2c(n(C)c(=O)n(C)c2=O)O[C@@H]1c1ccccc1. The number of aromatic nitrogens is 2. The van der Waals surface area contributed by atoms with Crippen LogP contribution >= 0.6 is 0 Å². The number of esters is 1. The van der Waals surface area contributed by atoms with Gasteiger partial charge in [0.25, 0.3) is 5.56 Å². The molecular weight excluding hydrogens is 326 g/mol. The minimum atomic E-state index is -2.01. The molecule has 3 rings (SSSR count). The van der Waals surface area contributed by atoms with Crippen LogP contribution in [0.3, 0.4) is 0 Å². The van der Waals surface area contributed by atoms with E-state index in [1.165, 1.54) is 14.1 Å². The highest BCUT2D eigenvalue weighted by molar-refractivity contribution is 5.89. The van der Waals surface area contributed by atoms with Gasteiger partial charge >= 0.3 is 11.7 Å². The lowest BCUT2D eigenvalue weighted by atomic mass is 9.76. The van der Waals surface area contributed by atoms with Crippen molar-refractivity contribution >= 4 is 5.97 Å². The van der Waals surface area contributed by atoms with Crippen LogP contribution in [0.15, 0.2) is 39.9 Å². The molecule has 0 amide bonds. The lowest BCUT2D eigenvalue weighted by molar-refractivity contribution is -0.147. The molecule has 25 heavy (non-hydrogen) atoms. The molecule has 0 saturated carbocycles. The Kier molecular flexibility index (Phi) is 3.72. The zero-order chi connectivity index (χ0) is 18.4. The molecule has 2 heterocycles. The van der Waals surface area contributed by atoms with Gasteiger partial charge in [0.05, 0.1) is 13.2 Å². The molecule has 0 bridgehead atoms. The molecule has 0 saturated heterocycles. The van der Waals surface area contributed by atoms with Crippen LogP contribution in [0.25, 0.3) is 0 Å². The summed E-state index contributed by atoms with van der Waals surface area (Å²) in [5.41, 5.74) is -3.07. The van der Waals surface area contributed by atoms with Crippen LogP contribution in [-0.2, 0) is 29.0 Å². The highest BCUT2D eigenvalue weighted by Crippen LogP contribution is 2.48. The van der Waals surface area contributed by atoms with E-state index in [2.05, 4.69) is 0 Å². The molecule has 0 N–H and O–H groups in total. The highest BCUT2D eigenvalue weighted by atomic mass is 16.5. The monoisotopic (exact) mass is 341 g/mol. The van der Waals surface area contributed by atoms with Crippen LogP contribution in [0.4, 0.5) is 0 Å². The third kappa shape index (κ3) is 2.02. The maximum Gasteiger partial charge on any atom is 0.335 e. The summed E-state index contributed by atoms with van der Waals surface area (Å²) in [5.74, 6) is -1.02. The first kappa shape index (κ1) is 16.5. The Balaban J connectivity index is 2.44. The molecule has 0 radical (unpaired) electrons. The number of hydrogen-bond donors (Lipinski definition) is 0. The van der Waals surface area contributed by atoms with Crippen LogP contribution in [0.5, 0.6) is 5.88 Å². The van der Waals surface area contributed by atoms with E-state index in [1.54, 1.807) is 30.3 Å². The predicted molar refractivity (Wildman–Crippen MR) is 86.0 cm³/mol. The summed E-state index contributed by atoms with van der Waals surface area (Å²) in [4.78, 5) is 37.5. The Bertz CT molecular complexity index is 1020. The average Bonchev–Trinajstić information content (AvgIpc) is 3.01. The van der Waals surface area contributed by atoms with Gasteiger partial charge in [-0.2, -0.15) is 5.26 Å². The lowest BCUT2D eigenvalue weighted by Crippen LogP contribution is -2.46. The van der Waals surface area contributed by atoms with Gasteiger partial charge in [0.2, 0.25) is 11.3 Å². The topological polar surface area (TPSA) is 103 Å². The second-order valence-electron chi connectivity index (χ2n) is 5.71. The molecule has 0 fully saturated rings. The van der Waals surface area contributed by atoms with Gasteiger partial charge in [-0.05, 0) is 5.56 Å². The molecule has 2 atom stereocenters. The quantitative estimate of drug-likeness (QED) is 0.721. The molecule has 1 aliphatic rings. The summed E-state index contributed by atoms with van der Waals surface area (Å²) in [6, 6.07) is 10.5. The molecule has 128 valence electrons. The van der Waals surface area contributed by atoms with E-state index in [4.69, 9.17) is 9.47 Å². The zero-order valence-corrected chi connectivity index (χ0v) is 13.8. The van der Waals surface area contributed by atoms with Crippen molar-refractivity contribution in [2.24, 2.45) is 14.1 Å². The zero-order valence-electron chi connectivity index (χ0n) is 13.8. The molecule has 1 aromatic heterocycles. The fourth-order valence-corrected chi connectivity index (χ4v) is 3.11. The number of nitrogens with zero attached hydrogens (tertiary/aromatic N) is 3. The van der Waals surface area contributed by atoms with E-state index >= 15 is 0 Å². The van der Waals surface area contributed by atoms with Crippen LogP contribution in [0, 0.1) is 11.3 Å². The fourth-order valence-electron chi connectivity index (χ4n) is 3.11. The van der Waals surface area contributed by atoms with Crippen molar-refractivity contribution < 1.29 is 14.3 Å². The second kappa shape index (κ2) is 5.63. The Labute approximate surface area is 142 Å². The second-order valence-corrected chi connectivity index (χ2v) is 5.71. The largest absolute Gasteiger partial charge is 0.467 e. The molecule has 0 unspecified atom stereocenters. The number of fused-ring (bicyclic) bond motifs is 1. The standard InChI is InChI=1S/C17H15N3O5/c1-19-13(21)11-14(20(2)16(19)23)25-12(10-7-5-4-6-8-10)17(11,9-18)15(22)24-3/h4-8,12H,1-3H3/t12-,17+/m1/s1. The number of ether oxygens (including phenoxy) is 2. The third-order valence-electron chi connectivity index (χ3n) is 4.41. The van der Waals surface area contributed by atoms with Crippen molar-refractivity contribution in [2.75, 3.05) is 7.11 Å². The van der Waals surface area contributed by atoms with E-state index in [9.17, 15) is 19.6 Å². The van der Waals surface area contributed by atoms with E-state index in [0.29, 0.717) is 5.56 Å². The van der Waals surface area contributed by atoms with Crippen LogP contribution in [0.1, 0.15) is 17.2 Å². The van der Waals surface area contributed by atoms with E-state index in [-0.39, 0.29) is 11.4 Å². The van der Waals surface area contributed by atoms with E-state index < -0.39 is 28.7 Å². The summed E-state index contributed by atoms with van der Waals surface area (Å²) < 4.78 is 12.6. The van der Waals surface area contributed by atoms with Gasteiger partial charge < -0.3 is 9.47 Å². The van der Waals surface area contributed by atoms with Crippen molar-refractivity contribution in [3.05, 3.63) is 62.3 Å². The predicted octanol–water partition coefficient (Wildman–Crippen LogP) is 0.152. The van der Waals surface area contributed by atoms with Crippen LogP contribution in [0.2, 0.25) is 0 Å². The van der Waals surface area contributed by atoms with Crippen molar-refractivity contribution in [1.82, 2.24) is 9.13 Å². The fraction of sp³-hybridized carbons (Fsp3) is 0.294. The molecule has 0 spiro atoms. The summed E-state index contributed by atoms with van der Waals surface area (Å²) in [6.07, 6.45) is -1.11. The summed E-state index contributed by atoms with van der Waals surface area (Å²) in [7, 11) is 3.82. The summed E-state index contributed by atoms with van der Waals surface area (Å²) >= 11 is 0. The maximum absolute atomic E-state index is 12.7. The van der Waals surface area contributed by atoms with Gasteiger partial charge in [0.15, 0.2) is 6.10 Å². The molecule has 0 aliphatic carbocycles. The van der Waals surface area contributed by atoms with Crippen molar-refractivity contribution in [3.8, 4) is 11.9 Å². The van der Waals surface area contributed by atoms with Gasteiger partial charge in [0.1, 0.15) is 5.56 Å². The minimum Gasteiger partial charge on any atom is -0.467 e. The Morgan fingerprint density at radius 3 is 2.44 bits per heavy atom. The smallest absolute Gasteiger partial charge is 0.335 e. The van der Waals surface area contributed by atoms with Gasteiger partial charge in [0, 0.05) is 14.1 Å². The Hall–Kier alpha value is -3.34. The first-order valence-corrected chi connectivity index (χ1v) is 7.42.